The van der Waals surface area contributed by atoms with Gasteiger partial charge < -0.3 is 4.40 Å². The molecule has 29 heavy (non-hydrogen) atoms. The fourth-order valence-corrected chi connectivity index (χ4v) is 3.82. The summed E-state index contributed by atoms with van der Waals surface area (Å²) in [5.41, 5.74) is 7.63. The van der Waals surface area contributed by atoms with E-state index in [1.807, 2.05) is 30.5 Å². The number of hydrogen-bond acceptors (Lipinski definition) is 1. The number of nitriles is 1. The van der Waals surface area contributed by atoms with Crippen LogP contribution in [0.1, 0.15) is 37.3 Å². The van der Waals surface area contributed by atoms with Crippen molar-refractivity contribution in [2.24, 2.45) is 0 Å². The normalized spacial score (nSPS) is 11.2. The van der Waals surface area contributed by atoms with E-state index in [0.717, 1.165) is 17.6 Å². The average molecular weight is 377 g/mol. The van der Waals surface area contributed by atoms with Crippen molar-refractivity contribution >= 4 is 11.6 Å². The quantitative estimate of drug-likeness (QED) is 0.323. The number of rotatable bonds is 6. The summed E-state index contributed by atoms with van der Waals surface area (Å²) >= 11 is 0. The number of pyridine rings is 1. The highest BCUT2D eigenvalue weighted by atomic mass is 14.9. The van der Waals surface area contributed by atoms with Gasteiger partial charge in [-0.3, -0.25) is 0 Å². The lowest BCUT2D eigenvalue weighted by atomic mass is 9.96. The Morgan fingerprint density at radius 2 is 1.62 bits per heavy atom. The van der Waals surface area contributed by atoms with Crippen molar-refractivity contribution in [3.63, 3.8) is 0 Å². The second kappa shape index (κ2) is 8.63. The average Bonchev–Trinajstić information content (AvgIpc) is 3.11. The molecule has 0 amide bonds. The lowest BCUT2D eigenvalue weighted by Crippen LogP contribution is -1.90. The van der Waals surface area contributed by atoms with Gasteiger partial charge in [-0.1, -0.05) is 92.6 Å². The Morgan fingerprint density at radius 1 is 0.931 bits per heavy atom. The first-order valence-corrected chi connectivity index (χ1v) is 10.2. The third-order valence-electron chi connectivity index (χ3n) is 5.23. The molecular weight excluding hydrogens is 352 g/mol. The van der Waals surface area contributed by atoms with Crippen LogP contribution >= 0.6 is 0 Å². The van der Waals surface area contributed by atoms with E-state index in [1.165, 1.54) is 35.1 Å². The van der Waals surface area contributed by atoms with E-state index in [1.54, 1.807) is 0 Å². The summed E-state index contributed by atoms with van der Waals surface area (Å²) in [6.07, 6.45) is 9.94. The zero-order valence-electron chi connectivity index (χ0n) is 16.7. The zero-order valence-corrected chi connectivity index (χ0v) is 16.7. The van der Waals surface area contributed by atoms with Crippen LogP contribution in [0.15, 0.2) is 85.1 Å². The molecule has 0 spiro atoms. The van der Waals surface area contributed by atoms with Crippen LogP contribution in [0.5, 0.6) is 0 Å². The standard InChI is InChI=1S/C27H24N2/c1-2-3-4-11-16-24-25-19-21(20-28)17-18-29(25)27(23-14-9-6-10-15-23)26(24)22-12-7-5-8-13-22/h5-19H,2-4H2,1H3/b16-11+. The Bertz CT molecular complexity index is 1180. The van der Waals surface area contributed by atoms with E-state index in [0.29, 0.717) is 5.56 Å². The van der Waals surface area contributed by atoms with E-state index in [-0.39, 0.29) is 0 Å². The third kappa shape index (κ3) is 3.73. The molecule has 2 nitrogen and oxygen atoms in total. The van der Waals surface area contributed by atoms with Crippen molar-refractivity contribution in [3.8, 4) is 28.5 Å². The molecule has 0 aliphatic rings. The van der Waals surface area contributed by atoms with E-state index in [9.17, 15) is 5.26 Å². The molecule has 0 N–H and O–H groups in total. The predicted molar refractivity (Wildman–Crippen MR) is 122 cm³/mol. The molecule has 2 heteroatoms. The predicted octanol–water partition coefficient (Wildman–Crippen LogP) is 7.35. The summed E-state index contributed by atoms with van der Waals surface area (Å²) in [4.78, 5) is 0. The summed E-state index contributed by atoms with van der Waals surface area (Å²) in [5, 5.41) is 9.47. The number of aromatic nitrogens is 1. The van der Waals surface area contributed by atoms with Crippen LogP contribution in [0, 0.1) is 11.3 Å². The summed E-state index contributed by atoms with van der Waals surface area (Å²) < 4.78 is 2.22. The van der Waals surface area contributed by atoms with Crippen molar-refractivity contribution in [2.45, 2.75) is 26.2 Å². The molecule has 0 bridgehead atoms. The van der Waals surface area contributed by atoms with Crippen molar-refractivity contribution in [2.75, 3.05) is 0 Å². The van der Waals surface area contributed by atoms with Gasteiger partial charge in [0, 0.05) is 17.3 Å². The molecule has 0 saturated heterocycles. The molecule has 0 radical (unpaired) electrons. The smallest absolute Gasteiger partial charge is 0.0992 e. The minimum absolute atomic E-state index is 0.678. The van der Waals surface area contributed by atoms with Crippen molar-refractivity contribution in [1.29, 1.82) is 5.26 Å². The maximum atomic E-state index is 9.47. The second-order valence-corrected chi connectivity index (χ2v) is 7.20. The number of fused-ring (bicyclic) bond motifs is 1. The second-order valence-electron chi connectivity index (χ2n) is 7.20. The highest BCUT2D eigenvalue weighted by molar-refractivity contribution is 5.96. The molecule has 0 fully saturated rings. The minimum atomic E-state index is 0.678. The summed E-state index contributed by atoms with van der Waals surface area (Å²) in [7, 11) is 0. The largest absolute Gasteiger partial charge is 0.315 e. The van der Waals surface area contributed by atoms with Crippen molar-refractivity contribution in [3.05, 3.63) is 96.2 Å². The van der Waals surface area contributed by atoms with Crippen LogP contribution in [0.25, 0.3) is 34.0 Å². The van der Waals surface area contributed by atoms with Crippen LogP contribution in [0.3, 0.4) is 0 Å². The number of unbranched alkanes of at least 4 members (excludes halogenated alkanes) is 2. The van der Waals surface area contributed by atoms with E-state index >= 15 is 0 Å². The molecule has 0 saturated carbocycles. The lowest BCUT2D eigenvalue weighted by molar-refractivity contribution is 0.816. The summed E-state index contributed by atoms with van der Waals surface area (Å²) in [6, 6.07) is 27.2. The van der Waals surface area contributed by atoms with Gasteiger partial charge in [0.25, 0.3) is 0 Å². The molecule has 2 aromatic heterocycles. The summed E-state index contributed by atoms with van der Waals surface area (Å²) in [5.74, 6) is 0. The van der Waals surface area contributed by atoms with E-state index in [2.05, 4.69) is 78.1 Å². The van der Waals surface area contributed by atoms with Gasteiger partial charge in [-0.2, -0.15) is 5.26 Å². The fourth-order valence-electron chi connectivity index (χ4n) is 3.82. The van der Waals surface area contributed by atoms with Gasteiger partial charge >= 0.3 is 0 Å². The van der Waals surface area contributed by atoms with Gasteiger partial charge in [-0.25, -0.2) is 0 Å². The minimum Gasteiger partial charge on any atom is -0.315 e. The molecule has 2 aromatic carbocycles. The molecule has 142 valence electrons. The van der Waals surface area contributed by atoms with Crippen molar-refractivity contribution < 1.29 is 0 Å². The van der Waals surface area contributed by atoms with Gasteiger partial charge in [0.05, 0.1) is 22.8 Å². The number of benzene rings is 2. The first-order valence-electron chi connectivity index (χ1n) is 10.2. The zero-order chi connectivity index (χ0) is 20.1. The highest BCUT2D eigenvalue weighted by Gasteiger charge is 2.19. The van der Waals surface area contributed by atoms with Crippen LogP contribution in [0.4, 0.5) is 0 Å². The topological polar surface area (TPSA) is 28.2 Å². The van der Waals surface area contributed by atoms with Crippen LogP contribution in [-0.2, 0) is 0 Å². The highest BCUT2D eigenvalue weighted by Crippen LogP contribution is 2.40. The SMILES string of the molecule is CCCC/C=C/c1c(-c2ccccc2)c(-c2ccccc2)n2ccc(C#N)cc12. The Labute approximate surface area is 172 Å². The molecule has 0 aliphatic carbocycles. The number of hydrogen-bond donors (Lipinski definition) is 0. The van der Waals surface area contributed by atoms with Crippen molar-refractivity contribution in [1.82, 2.24) is 4.40 Å². The Hall–Kier alpha value is -3.57. The van der Waals surface area contributed by atoms with E-state index in [4.69, 9.17) is 0 Å². The molecule has 0 unspecified atom stereocenters. The van der Waals surface area contributed by atoms with Gasteiger partial charge in [0.2, 0.25) is 0 Å². The van der Waals surface area contributed by atoms with Gasteiger partial charge in [0.15, 0.2) is 0 Å². The lowest BCUT2D eigenvalue weighted by Gasteiger charge is -2.08. The van der Waals surface area contributed by atoms with Crippen LogP contribution in [-0.4, -0.2) is 4.40 Å². The van der Waals surface area contributed by atoms with Crippen LogP contribution in [0.2, 0.25) is 0 Å². The van der Waals surface area contributed by atoms with E-state index < -0.39 is 0 Å². The number of allylic oxidation sites excluding steroid dienone is 1. The van der Waals surface area contributed by atoms with Crippen LogP contribution < -0.4 is 0 Å². The molecular formula is C27H24N2. The Kier molecular flexibility index (Phi) is 5.59. The molecule has 0 aliphatic heterocycles. The Balaban J connectivity index is 2.06. The molecule has 0 atom stereocenters. The number of nitrogens with zero attached hydrogens (tertiary/aromatic N) is 2. The van der Waals surface area contributed by atoms with Gasteiger partial charge in [-0.05, 0) is 29.7 Å². The fraction of sp³-hybridized carbons (Fsp3) is 0.148. The summed E-state index contributed by atoms with van der Waals surface area (Å²) in [6.45, 7) is 2.21. The first-order chi connectivity index (χ1) is 14.3. The first kappa shape index (κ1) is 18.8. The van der Waals surface area contributed by atoms with Gasteiger partial charge in [0.1, 0.15) is 0 Å². The maximum absolute atomic E-state index is 9.47. The third-order valence-corrected chi connectivity index (χ3v) is 5.23. The molecule has 2 heterocycles. The van der Waals surface area contributed by atoms with Gasteiger partial charge in [-0.15, -0.1) is 0 Å². The molecule has 4 aromatic rings. The molecule has 4 rings (SSSR count). The maximum Gasteiger partial charge on any atom is 0.0992 e. The Morgan fingerprint density at radius 3 is 2.28 bits per heavy atom. The monoisotopic (exact) mass is 376 g/mol.